The van der Waals surface area contributed by atoms with Gasteiger partial charge in [0.15, 0.2) is 0 Å². The van der Waals surface area contributed by atoms with Gasteiger partial charge in [-0.15, -0.1) is 33.2 Å². The molecule has 1 saturated heterocycles. The fourth-order valence-corrected chi connectivity index (χ4v) is 18.7. The fraction of sp³-hybridized carbons (Fsp3) is 1.00. The van der Waals surface area contributed by atoms with Crippen LogP contribution < -0.4 is 0 Å². The molecule has 0 N–H and O–H groups in total. The van der Waals surface area contributed by atoms with E-state index in [1.54, 1.807) is 0 Å². The highest BCUT2D eigenvalue weighted by Gasteiger charge is 2.46. The van der Waals surface area contributed by atoms with Crippen LogP contribution in [0.15, 0.2) is 0 Å². The van der Waals surface area contributed by atoms with Crippen LogP contribution in [-0.4, -0.2) is 33.2 Å². The molecule has 1 fully saturated rings. The molecule has 0 unspecified atom stereocenters. The Morgan fingerprint density at radius 1 is 1.00 bits per heavy atom. The minimum atomic E-state index is -2.40. The van der Waals surface area contributed by atoms with Crippen LogP contribution in [-0.2, 0) is 0 Å². The van der Waals surface area contributed by atoms with Gasteiger partial charge in [-0.05, 0) is 31.1 Å². The molecule has 1 nitrogen and oxygen atoms in total. The zero-order valence-corrected chi connectivity index (χ0v) is 15.9. The quantitative estimate of drug-likeness (QED) is 0.529. The molecule has 1 aliphatic heterocycles. The van der Waals surface area contributed by atoms with Gasteiger partial charge in [0.2, 0.25) is 0 Å². The zero-order chi connectivity index (χ0) is 12.6. The smallest absolute Gasteiger partial charge is 0.341 e. The minimum Gasteiger partial charge on any atom is -0.345 e. The van der Waals surface area contributed by atoms with E-state index < -0.39 is 22.5 Å². The fourth-order valence-electron chi connectivity index (χ4n) is 2.74. The first kappa shape index (κ1) is 15.5. The lowest BCUT2D eigenvalue weighted by Crippen LogP contribution is -2.55. The molecule has 0 aromatic rings. The maximum absolute atomic E-state index is 5.93. The maximum Gasteiger partial charge on any atom is 0.341 e. The first-order valence-corrected chi connectivity index (χ1v) is 17.4. The summed E-state index contributed by atoms with van der Waals surface area (Å²) in [4.78, 5) is 0. The molecule has 7 heteroatoms. The van der Waals surface area contributed by atoms with Crippen molar-refractivity contribution < 1.29 is 0 Å². The molecule has 0 saturated carbocycles. The van der Waals surface area contributed by atoms with Crippen molar-refractivity contribution in [1.29, 1.82) is 0 Å². The highest BCUT2D eigenvalue weighted by Crippen LogP contribution is 2.37. The van der Waals surface area contributed by atoms with Crippen LogP contribution in [0, 0.1) is 0 Å². The monoisotopic (exact) mass is 333 g/mol. The standard InChI is InChI=1S/C9H22Cl3NSi3/c1-14(2)8-9-15(3,4)13(14)6-5-7-16(10,11)12/h5-9H2,1-4H3. The minimum absolute atomic E-state index is 0.809. The SMILES string of the molecule is C[Si]1(C)CC[Si](C)(C)N1CCC[Si](Cl)(Cl)Cl. The molecule has 0 bridgehead atoms. The number of rotatable bonds is 4. The normalized spacial score (nSPS) is 24.9. The van der Waals surface area contributed by atoms with Gasteiger partial charge in [0.25, 0.3) is 0 Å². The van der Waals surface area contributed by atoms with Crippen molar-refractivity contribution in [2.75, 3.05) is 6.54 Å². The third kappa shape index (κ3) is 4.30. The largest absolute Gasteiger partial charge is 0.345 e. The lowest BCUT2D eigenvalue weighted by Gasteiger charge is -2.39. The maximum atomic E-state index is 5.93. The van der Waals surface area contributed by atoms with Gasteiger partial charge in [-0.3, -0.25) is 0 Å². The number of hydrogen-bond donors (Lipinski definition) is 0. The average Bonchev–Trinajstić information content (AvgIpc) is 2.25. The Kier molecular flexibility index (Phi) is 5.08. The van der Waals surface area contributed by atoms with E-state index in [1.165, 1.54) is 18.6 Å². The van der Waals surface area contributed by atoms with Gasteiger partial charge >= 0.3 is 6.00 Å². The summed E-state index contributed by atoms with van der Waals surface area (Å²) >= 11 is 17.8. The summed E-state index contributed by atoms with van der Waals surface area (Å²) in [7, 11) is -2.24. The van der Waals surface area contributed by atoms with E-state index in [0.717, 1.165) is 12.5 Å². The first-order chi connectivity index (χ1) is 7.05. The summed E-state index contributed by atoms with van der Waals surface area (Å²) in [6.45, 7) is 11.1. The lowest BCUT2D eigenvalue weighted by atomic mass is 10.5. The van der Waals surface area contributed by atoms with Gasteiger partial charge in [0, 0.05) is 0 Å². The van der Waals surface area contributed by atoms with E-state index in [0.29, 0.717) is 0 Å². The zero-order valence-electron chi connectivity index (χ0n) is 10.6. The van der Waals surface area contributed by atoms with Gasteiger partial charge in [0.05, 0.1) is 0 Å². The van der Waals surface area contributed by atoms with Crippen LogP contribution in [0.1, 0.15) is 6.42 Å². The van der Waals surface area contributed by atoms with Gasteiger partial charge in [-0.2, -0.15) is 0 Å². The number of hydrogen-bond acceptors (Lipinski definition) is 1. The summed E-state index contributed by atoms with van der Waals surface area (Å²) in [6.07, 6.45) is 1.07. The predicted molar refractivity (Wildman–Crippen MR) is 84.0 cm³/mol. The molecule has 0 amide bonds. The summed E-state index contributed by atoms with van der Waals surface area (Å²) in [5.74, 6) is 0. The predicted octanol–water partition coefficient (Wildman–Crippen LogP) is 4.76. The van der Waals surface area contributed by atoms with Crippen molar-refractivity contribution in [3.8, 4) is 0 Å². The van der Waals surface area contributed by atoms with Gasteiger partial charge in [-0.25, -0.2) is 0 Å². The van der Waals surface area contributed by atoms with Crippen molar-refractivity contribution in [2.45, 2.75) is 50.7 Å². The molecule has 1 rings (SSSR count). The molecule has 0 aromatic carbocycles. The Bertz CT molecular complexity index is 237. The van der Waals surface area contributed by atoms with Crippen LogP contribution in [0.25, 0.3) is 0 Å². The summed E-state index contributed by atoms with van der Waals surface area (Å²) in [6, 6.07) is 1.32. The molecule has 0 spiro atoms. The first-order valence-electron chi connectivity index (χ1n) is 5.89. The number of nitrogens with zero attached hydrogens (tertiary/aromatic N) is 1. The van der Waals surface area contributed by atoms with E-state index in [9.17, 15) is 0 Å². The molecule has 1 aliphatic rings. The van der Waals surface area contributed by atoms with E-state index in [4.69, 9.17) is 33.2 Å². The topological polar surface area (TPSA) is 3.24 Å². The second-order valence-corrected chi connectivity index (χ2v) is 25.1. The second-order valence-electron chi connectivity index (χ2n) is 6.00. The Labute approximate surface area is 117 Å². The molecule has 0 aliphatic carbocycles. The molecule has 0 atom stereocenters. The summed E-state index contributed by atoms with van der Waals surface area (Å²) in [5, 5.41) is 0. The van der Waals surface area contributed by atoms with Gasteiger partial charge < -0.3 is 4.23 Å². The van der Waals surface area contributed by atoms with Crippen LogP contribution in [0.2, 0.25) is 44.3 Å². The average molecular weight is 335 g/mol. The van der Waals surface area contributed by atoms with Crippen molar-refractivity contribution in [3.63, 3.8) is 0 Å². The van der Waals surface area contributed by atoms with Crippen LogP contribution >= 0.6 is 33.2 Å². The van der Waals surface area contributed by atoms with Crippen LogP contribution in [0.4, 0.5) is 0 Å². The molecule has 0 aromatic heterocycles. The highest BCUT2D eigenvalue weighted by atomic mass is 35.8. The van der Waals surface area contributed by atoms with Crippen LogP contribution in [0.5, 0.6) is 0 Å². The number of halogens is 3. The molecular weight excluding hydrogens is 313 g/mol. The Morgan fingerprint density at radius 2 is 1.44 bits per heavy atom. The molecular formula is C9H22Cl3NSi3. The second kappa shape index (κ2) is 5.23. The van der Waals surface area contributed by atoms with E-state index in [1.807, 2.05) is 0 Å². The summed E-state index contributed by atoms with van der Waals surface area (Å²) < 4.78 is 2.85. The molecule has 16 heavy (non-hydrogen) atoms. The van der Waals surface area contributed by atoms with Gasteiger partial charge in [-0.1, -0.05) is 26.2 Å². The molecule has 0 radical (unpaired) electrons. The lowest BCUT2D eigenvalue weighted by molar-refractivity contribution is 0.611. The van der Waals surface area contributed by atoms with Crippen molar-refractivity contribution in [1.82, 2.24) is 4.23 Å². The third-order valence-electron chi connectivity index (χ3n) is 3.65. The molecule has 1 heterocycles. The Hall–Kier alpha value is 1.48. The summed E-state index contributed by atoms with van der Waals surface area (Å²) in [5.41, 5.74) is 0. The highest BCUT2D eigenvalue weighted by molar-refractivity contribution is 7.64. The third-order valence-corrected chi connectivity index (χ3v) is 16.7. The van der Waals surface area contributed by atoms with E-state index in [-0.39, 0.29) is 0 Å². The van der Waals surface area contributed by atoms with Crippen molar-refractivity contribution in [3.05, 3.63) is 0 Å². The van der Waals surface area contributed by atoms with E-state index >= 15 is 0 Å². The Morgan fingerprint density at radius 3 is 1.81 bits per heavy atom. The molecule has 96 valence electrons. The van der Waals surface area contributed by atoms with Crippen molar-refractivity contribution in [2.24, 2.45) is 0 Å². The van der Waals surface area contributed by atoms with Gasteiger partial charge in [0.1, 0.15) is 16.5 Å². The Balaban J connectivity index is 2.52. The van der Waals surface area contributed by atoms with Crippen molar-refractivity contribution >= 4 is 55.7 Å². The van der Waals surface area contributed by atoms with E-state index in [2.05, 4.69) is 30.4 Å². The van der Waals surface area contributed by atoms with Crippen LogP contribution in [0.3, 0.4) is 0 Å².